The Morgan fingerprint density at radius 2 is 1.80 bits per heavy atom. The van der Waals surface area contributed by atoms with Crippen LogP contribution in [0.1, 0.15) is 12.8 Å². The molecular formula is C8H15N2O9P. The summed E-state index contributed by atoms with van der Waals surface area (Å²) in [4.78, 5) is 49.4. The van der Waals surface area contributed by atoms with E-state index < -0.39 is 50.8 Å². The number of hydrogen-bond acceptors (Lipinski definition) is 6. The molecule has 12 heteroatoms. The van der Waals surface area contributed by atoms with E-state index in [9.17, 15) is 18.9 Å². The first-order valence-corrected chi connectivity index (χ1v) is 6.76. The third kappa shape index (κ3) is 8.56. The van der Waals surface area contributed by atoms with E-state index in [0.29, 0.717) is 0 Å². The lowest BCUT2D eigenvalue weighted by atomic mass is 10.1. The van der Waals surface area contributed by atoms with Gasteiger partial charge in [-0.15, -0.1) is 0 Å². The number of hydrogen-bond donors (Lipinski definition) is 6. The SMILES string of the molecule is NC(COP(=O)(O)O)C(=O)NC(CCC(=O)O)C(=O)O. The van der Waals surface area contributed by atoms with Crippen molar-refractivity contribution in [3.05, 3.63) is 0 Å². The summed E-state index contributed by atoms with van der Waals surface area (Å²) < 4.78 is 14.4. The molecule has 2 atom stereocenters. The van der Waals surface area contributed by atoms with Gasteiger partial charge in [0.1, 0.15) is 12.1 Å². The van der Waals surface area contributed by atoms with Gasteiger partial charge in [0.05, 0.1) is 6.61 Å². The molecule has 11 nitrogen and oxygen atoms in total. The van der Waals surface area contributed by atoms with Gasteiger partial charge in [-0.1, -0.05) is 0 Å². The second-order valence-electron chi connectivity index (χ2n) is 3.72. The number of carboxylic acids is 2. The Balaban J connectivity index is 4.40. The highest BCUT2D eigenvalue weighted by molar-refractivity contribution is 7.46. The molecule has 116 valence electrons. The molecule has 0 heterocycles. The van der Waals surface area contributed by atoms with Crippen LogP contribution in [0.2, 0.25) is 0 Å². The number of carbonyl (C=O) groups is 3. The summed E-state index contributed by atoms with van der Waals surface area (Å²) in [6, 6.07) is -2.98. The van der Waals surface area contributed by atoms with Crippen LogP contribution in [0.25, 0.3) is 0 Å². The lowest BCUT2D eigenvalue weighted by Gasteiger charge is -2.17. The number of phosphoric ester groups is 1. The smallest absolute Gasteiger partial charge is 0.469 e. The summed E-state index contributed by atoms with van der Waals surface area (Å²) >= 11 is 0. The molecule has 0 aromatic rings. The summed E-state index contributed by atoms with van der Waals surface area (Å²) in [6.07, 6.45) is -0.839. The predicted molar refractivity (Wildman–Crippen MR) is 62.4 cm³/mol. The lowest BCUT2D eigenvalue weighted by molar-refractivity contribution is -0.143. The van der Waals surface area contributed by atoms with Crippen molar-refractivity contribution >= 4 is 25.7 Å². The predicted octanol–water partition coefficient (Wildman–Crippen LogP) is -2.14. The normalized spacial score (nSPS) is 14.3. The van der Waals surface area contributed by atoms with E-state index in [0.717, 1.165) is 0 Å². The molecule has 0 bridgehead atoms. The van der Waals surface area contributed by atoms with Gasteiger partial charge < -0.3 is 31.1 Å². The van der Waals surface area contributed by atoms with Gasteiger partial charge in [0.15, 0.2) is 0 Å². The minimum atomic E-state index is -4.79. The number of rotatable bonds is 9. The Bertz CT molecular complexity index is 420. The van der Waals surface area contributed by atoms with Crippen molar-refractivity contribution in [3.8, 4) is 0 Å². The molecule has 0 aromatic carbocycles. The van der Waals surface area contributed by atoms with E-state index in [1.807, 2.05) is 5.32 Å². The molecule has 0 radical (unpaired) electrons. The van der Waals surface area contributed by atoms with Gasteiger partial charge >= 0.3 is 19.8 Å². The van der Waals surface area contributed by atoms with Crippen LogP contribution >= 0.6 is 7.82 Å². The van der Waals surface area contributed by atoms with E-state index in [1.165, 1.54) is 0 Å². The number of carbonyl (C=O) groups excluding carboxylic acids is 1. The van der Waals surface area contributed by atoms with E-state index >= 15 is 0 Å². The number of nitrogens with two attached hydrogens (primary N) is 1. The average molecular weight is 314 g/mol. The van der Waals surface area contributed by atoms with Gasteiger partial charge in [-0.25, -0.2) is 9.36 Å². The van der Waals surface area contributed by atoms with Crippen LogP contribution in [-0.2, 0) is 23.5 Å². The van der Waals surface area contributed by atoms with Crippen LogP contribution in [0, 0.1) is 0 Å². The Kier molecular flexibility index (Phi) is 7.32. The zero-order chi connectivity index (χ0) is 15.9. The van der Waals surface area contributed by atoms with E-state index in [2.05, 4.69) is 4.52 Å². The van der Waals surface area contributed by atoms with Crippen molar-refractivity contribution in [2.75, 3.05) is 6.61 Å². The van der Waals surface area contributed by atoms with E-state index in [4.69, 9.17) is 25.7 Å². The second-order valence-corrected chi connectivity index (χ2v) is 4.96. The Labute approximate surface area is 113 Å². The van der Waals surface area contributed by atoms with Crippen LogP contribution < -0.4 is 11.1 Å². The van der Waals surface area contributed by atoms with Crippen LogP contribution in [0.4, 0.5) is 0 Å². The quantitative estimate of drug-likeness (QED) is 0.255. The first kappa shape index (κ1) is 18.5. The molecule has 0 aliphatic carbocycles. The summed E-state index contributed by atoms with van der Waals surface area (Å²) in [6.45, 7) is -0.818. The summed E-state index contributed by atoms with van der Waals surface area (Å²) in [5, 5.41) is 19.1. The average Bonchev–Trinajstić information content (AvgIpc) is 2.29. The Morgan fingerprint density at radius 1 is 1.25 bits per heavy atom. The fraction of sp³-hybridized carbons (Fsp3) is 0.625. The van der Waals surface area contributed by atoms with Gasteiger partial charge in [-0.3, -0.25) is 14.1 Å². The lowest BCUT2D eigenvalue weighted by Crippen LogP contribution is -2.50. The van der Waals surface area contributed by atoms with Crippen molar-refractivity contribution in [1.29, 1.82) is 0 Å². The van der Waals surface area contributed by atoms with Crippen molar-refractivity contribution < 1.29 is 43.5 Å². The van der Waals surface area contributed by atoms with Crippen molar-refractivity contribution in [2.45, 2.75) is 24.9 Å². The standard InChI is InChI=1S/C8H15N2O9P/c9-4(3-19-20(16,17)18)7(13)10-5(8(14)15)1-2-6(11)12/h4-5H,1-3,9H2,(H,10,13)(H,11,12)(H,14,15)(H2,16,17,18). The van der Waals surface area contributed by atoms with Gasteiger partial charge in [0.25, 0.3) is 0 Å². The highest BCUT2D eigenvalue weighted by Crippen LogP contribution is 2.35. The number of amides is 1. The molecule has 2 unspecified atom stereocenters. The molecule has 0 fully saturated rings. The molecular weight excluding hydrogens is 299 g/mol. The molecule has 0 saturated carbocycles. The first-order chi connectivity index (χ1) is 9.03. The Morgan fingerprint density at radius 3 is 2.20 bits per heavy atom. The van der Waals surface area contributed by atoms with Gasteiger partial charge in [-0.05, 0) is 6.42 Å². The topological polar surface area (TPSA) is 196 Å². The molecule has 0 aliphatic heterocycles. The fourth-order valence-corrected chi connectivity index (χ4v) is 1.41. The minimum Gasteiger partial charge on any atom is -0.481 e. The first-order valence-electron chi connectivity index (χ1n) is 5.23. The summed E-state index contributed by atoms with van der Waals surface area (Å²) in [5.41, 5.74) is 5.24. The molecule has 0 spiro atoms. The number of nitrogens with one attached hydrogen (secondary N) is 1. The van der Waals surface area contributed by atoms with Crippen molar-refractivity contribution in [3.63, 3.8) is 0 Å². The fourth-order valence-electron chi connectivity index (χ4n) is 1.06. The van der Waals surface area contributed by atoms with Crippen LogP contribution in [0.5, 0.6) is 0 Å². The third-order valence-electron chi connectivity index (χ3n) is 2.02. The van der Waals surface area contributed by atoms with E-state index in [-0.39, 0.29) is 6.42 Å². The number of aliphatic carboxylic acids is 2. The third-order valence-corrected chi connectivity index (χ3v) is 2.51. The highest BCUT2D eigenvalue weighted by Gasteiger charge is 2.25. The molecule has 7 N–H and O–H groups in total. The molecule has 0 saturated heterocycles. The second kappa shape index (κ2) is 7.92. The van der Waals surface area contributed by atoms with Gasteiger partial charge in [0, 0.05) is 6.42 Å². The Hall–Kier alpha value is -1.52. The maximum Gasteiger partial charge on any atom is 0.469 e. The van der Waals surface area contributed by atoms with Crippen molar-refractivity contribution in [2.24, 2.45) is 5.73 Å². The summed E-state index contributed by atoms with van der Waals surface area (Å²) in [7, 11) is -4.79. The van der Waals surface area contributed by atoms with Crippen LogP contribution in [0.15, 0.2) is 0 Å². The van der Waals surface area contributed by atoms with Crippen LogP contribution in [-0.4, -0.2) is 56.5 Å². The highest BCUT2D eigenvalue weighted by atomic mass is 31.2. The van der Waals surface area contributed by atoms with Gasteiger partial charge in [-0.2, -0.15) is 0 Å². The maximum absolute atomic E-state index is 11.4. The maximum atomic E-state index is 11.4. The van der Waals surface area contributed by atoms with Gasteiger partial charge in [0.2, 0.25) is 5.91 Å². The molecule has 0 aliphatic rings. The molecule has 20 heavy (non-hydrogen) atoms. The van der Waals surface area contributed by atoms with Crippen molar-refractivity contribution in [1.82, 2.24) is 5.32 Å². The zero-order valence-electron chi connectivity index (χ0n) is 10.1. The monoisotopic (exact) mass is 314 g/mol. The van der Waals surface area contributed by atoms with E-state index in [1.54, 1.807) is 0 Å². The zero-order valence-corrected chi connectivity index (χ0v) is 11.0. The number of carboxylic acid groups (broad SMARTS) is 2. The van der Waals surface area contributed by atoms with Crippen LogP contribution in [0.3, 0.4) is 0 Å². The molecule has 1 amide bonds. The molecule has 0 rings (SSSR count). The summed E-state index contributed by atoms with van der Waals surface area (Å²) in [5.74, 6) is -3.72. The molecule has 0 aromatic heterocycles. The minimum absolute atomic E-state index is 0.359. The largest absolute Gasteiger partial charge is 0.481 e. The number of phosphoric acid groups is 1.